The van der Waals surface area contributed by atoms with E-state index in [0.29, 0.717) is 23.0 Å². The second-order valence-electron chi connectivity index (χ2n) is 7.04. The van der Waals surface area contributed by atoms with Gasteiger partial charge in [-0.2, -0.15) is 11.8 Å². The Kier molecular flexibility index (Phi) is 6.62. The Labute approximate surface area is 176 Å². The molecule has 4 rings (SSSR count). The Morgan fingerprint density at radius 2 is 2.25 bits per heavy atom. The van der Waals surface area contributed by atoms with Gasteiger partial charge in [-0.05, 0) is 12.2 Å². The van der Waals surface area contributed by atoms with Gasteiger partial charge < -0.3 is 10.1 Å². The van der Waals surface area contributed by atoms with Gasteiger partial charge in [-0.1, -0.05) is 0 Å². The quantitative estimate of drug-likeness (QED) is 0.696. The number of carbonyl (C=O) groups is 1. The third-order valence-corrected chi connectivity index (χ3v) is 8.18. The Balaban J connectivity index is 1.27. The molecule has 0 aliphatic carbocycles. The van der Waals surface area contributed by atoms with E-state index >= 15 is 0 Å². The molecule has 2 aromatic heterocycles. The molecular formula is C18H24N4O3S3. The van der Waals surface area contributed by atoms with E-state index in [1.54, 1.807) is 12.3 Å². The van der Waals surface area contributed by atoms with Gasteiger partial charge in [-0.15, -0.1) is 23.1 Å². The minimum atomic E-state index is -0.0718. The van der Waals surface area contributed by atoms with Gasteiger partial charge >= 0.3 is 0 Å². The van der Waals surface area contributed by atoms with Crippen LogP contribution < -0.4 is 10.9 Å². The number of nitrogens with zero attached hydrogens (tertiary/aromatic N) is 3. The fourth-order valence-electron chi connectivity index (χ4n) is 3.66. The molecular weight excluding hydrogens is 416 g/mol. The molecule has 1 amide bonds. The number of hydrogen-bond acceptors (Lipinski definition) is 8. The maximum Gasteiger partial charge on any atom is 0.258 e. The van der Waals surface area contributed by atoms with Crippen molar-refractivity contribution in [3.05, 3.63) is 33.7 Å². The maximum atomic E-state index is 12.4. The second kappa shape index (κ2) is 9.17. The predicted octanol–water partition coefficient (Wildman–Crippen LogP) is 1.31. The van der Waals surface area contributed by atoms with Crippen molar-refractivity contribution in [2.24, 2.45) is 0 Å². The highest BCUT2D eigenvalue weighted by atomic mass is 32.2. The van der Waals surface area contributed by atoms with Crippen LogP contribution >= 0.6 is 34.9 Å². The first-order chi connectivity index (χ1) is 13.7. The summed E-state index contributed by atoms with van der Waals surface area (Å²) in [6.07, 6.45) is 2.84. The summed E-state index contributed by atoms with van der Waals surface area (Å²) in [6, 6.07) is 1.55. The van der Waals surface area contributed by atoms with Crippen molar-refractivity contribution in [1.82, 2.24) is 19.6 Å². The van der Waals surface area contributed by atoms with Crippen LogP contribution in [0.15, 0.2) is 22.4 Å². The van der Waals surface area contributed by atoms with Gasteiger partial charge in [0.2, 0.25) is 5.91 Å². The van der Waals surface area contributed by atoms with E-state index in [1.807, 2.05) is 17.1 Å². The molecule has 2 fully saturated rings. The minimum Gasteiger partial charge on any atom is -0.379 e. The van der Waals surface area contributed by atoms with Crippen LogP contribution in [0.2, 0.25) is 0 Å². The third-order valence-electron chi connectivity index (χ3n) is 5.22. The molecule has 0 spiro atoms. The van der Waals surface area contributed by atoms with Crippen molar-refractivity contribution < 1.29 is 9.53 Å². The van der Waals surface area contributed by atoms with Crippen LogP contribution in [0.3, 0.4) is 0 Å². The topological polar surface area (TPSA) is 75.9 Å². The van der Waals surface area contributed by atoms with Crippen LogP contribution in [-0.2, 0) is 15.3 Å². The number of rotatable bonds is 7. The van der Waals surface area contributed by atoms with E-state index in [-0.39, 0.29) is 17.0 Å². The van der Waals surface area contributed by atoms with Gasteiger partial charge in [0, 0.05) is 54.3 Å². The monoisotopic (exact) mass is 440 g/mol. The van der Waals surface area contributed by atoms with Gasteiger partial charge in [0.05, 0.1) is 24.7 Å². The lowest BCUT2D eigenvalue weighted by Gasteiger charge is -2.43. The smallest absolute Gasteiger partial charge is 0.258 e. The van der Waals surface area contributed by atoms with E-state index in [1.165, 1.54) is 27.5 Å². The Hall–Kier alpha value is -1.07. The summed E-state index contributed by atoms with van der Waals surface area (Å²) in [6.45, 7) is 4.13. The third kappa shape index (κ3) is 4.56. The average Bonchev–Trinajstić information content (AvgIpc) is 3.38. The summed E-state index contributed by atoms with van der Waals surface area (Å²) in [5, 5.41) is 4.99. The summed E-state index contributed by atoms with van der Waals surface area (Å²) in [7, 11) is 0. The number of hydrogen-bond donors (Lipinski definition) is 1. The van der Waals surface area contributed by atoms with Crippen LogP contribution in [0.5, 0.6) is 0 Å². The Morgan fingerprint density at radius 1 is 1.39 bits per heavy atom. The first-order valence-electron chi connectivity index (χ1n) is 9.37. The number of amides is 1. The van der Waals surface area contributed by atoms with E-state index < -0.39 is 0 Å². The molecule has 10 heteroatoms. The van der Waals surface area contributed by atoms with Crippen molar-refractivity contribution in [2.45, 2.75) is 17.7 Å². The number of thioether (sulfide) groups is 2. The summed E-state index contributed by atoms with van der Waals surface area (Å²) in [5.41, 5.74) is 0.717. The summed E-state index contributed by atoms with van der Waals surface area (Å²) in [4.78, 5) is 32.1. The van der Waals surface area contributed by atoms with E-state index in [0.717, 1.165) is 49.9 Å². The highest BCUT2D eigenvalue weighted by Gasteiger charge is 2.40. The van der Waals surface area contributed by atoms with Gasteiger partial charge in [-0.25, -0.2) is 4.98 Å². The first-order valence-corrected chi connectivity index (χ1v) is 12.6. The van der Waals surface area contributed by atoms with Gasteiger partial charge in [0.25, 0.3) is 5.56 Å². The highest BCUT2D eigenvalue weighted by molar-refractivity contribution is 7.99. The first kappa shape index (κ1) is 20.2. The van der Waals surface area contributed by atoms with E-state index in [2.05, 4.69) is 15.2 Å². The molecule has 7 nitrogen and oxygen atoms in total. The molecule has 0 aromatic carbocycles. The number of thiazole rings is 1. The Morgan fingerprint density at radius 3 is 3.04 bits per heavy atom. The lowest BCUT2D eigenvalue weighted by molar-refractivity contribution is -0.119. The molecule has 4 heterocycles. The van der Waals surface area contributed by atoms with Crippen LogP contribution in [0, 0.1) is 0 Å². The average molecular weight is 441 g/mol. The minimum absolute atomic E-state index is 0.0449. The molecule has 0 bridgehead atoms. The fourth-order valence-corrected chi connectivity index (χ4v) is 6.62. The summed E-state index contributed by atoms with van der Waals surface area (Å²) < 4.78 is 7.02. The molecule has 1 N–H and O–H groups in total. The number of ether oxygens (including phenoxy) is 1. The lowest BCUT2D eigenvalue weighted by atomic mass is 9.95. The van der Waals surface area contributed by atoms with Crippen LogP contribution in [-0.4, -0.2) is 75.8 Å². The highest BCUT2D eigenvalue weighted by Crippen LogP contribution is 2.33. The zero-order chi connectivity index (χ0) is 19.4. The largest absolute Gasteiger partial charge is 0.379 e. The van der Waals surface area contributed by atoms with Crippen molar-refractivity contribution in [2.75, 3.05) is 50.1 Å². The van der Waals surface area contributed by atoms with E-state index in [9.17, 15) is 9.59 Å². The number of nitrogens with one attached hydrogen (secondary N) is 1. The maximum absolute atomic E-state index is 12.4. The number of morpholine rings is 1. The number of carbonyl (C=O) groups excluding carboxylic acids is 1. The molecule has 0 radical (unpaired) electrons. The number of aromatic nitrogens is 2. The fraction of sp³-hybridized carbons (Fsp3) is 0.611. The van der Waals surface area contributed by atoms with Gasteiger partial charge in [-0.3, -0.25) is 18.9 Å². The van der Waals surface area contributed by atoms with Crippen LogP contribution in [0.4, 0.5) is 0 Å². The normalized spacial score (nSPS) is 23.3. The van der Waals surface area contributed by atoms with Gasteiger partial charge in [0.15, 0.2) is 4.96 Å². The Bertz CT molecular complexity index is 872. The van der Waals surface area contributed by atoms with E-state index in [4.69, 9.17) is 4.74 Å². The van der Waals surface area contributed by atoms with Crippen molar-refractivity contribution >= 4 is 45.7 Å². The van der Waals surface area contributed by atoms with Crippen molar-refractivity contribution in [3.63, 3.8) is 0 Å². The standard InChI is InChI=1S/C18H24N4O3S3/c23-15(11-27-10-14-9-16(24)22-4-8-28-17(22)20-14)19-12-18(1-7-26-13-18)21-2-5-25-6-3-21/h4,8-9H,1-3,5-7,10-13H2,(H,19,23). The molecule has 152 valence electrons. The summed E-state index contributed by atoms with van der Waals surface area (Å²) >= 11 is 4.90. The zero-order valence-electron chi connectivity index (χ0n) is 15.6. The zero-order valence-corrected chi connectivity index (χ0v) is 18.0. The van der Waals surface area contributed by atoms with Crippen LogP contribution in [0.25, 0.3) is 4.96 Å². The van der Waals surface area contributed by atoms with Crippen molar-refractivity contribution in [3.8, 4) is 0 Å². The molecule has 1 unspecified atom stereocenters. The molecule has 28 heavy (non-hydrogen) atoms. The molecule has 0 saturated carbocycles. The van der Waals surface area contributed by atoms with Crippen molar-refractivity contribution in [1.29, 1.82) is 0 Å². The van der Waals surface area contributed by atoms with Crippen LogP contribution in [0.1, 0.15) is 12.1 Å². The predicted molar refractivity (Wildman–Crippen MR) is 116 cm³/mol. The SMILES string of the molecule is O=C(CSCc1cc(=O)n2ccsc2n1)NCC1(N2CCOCC2)CCSC1. The molecule has 2 saturated heterocycles. The van der Waals surface area contributed by atoms with Gasteiger partial charge in [0.1, 0.15) is 0 Å². The molecule has 2 aromatic rings. The second-order valence-corrected chi connectivity index (χ2v) is 10.0. The lowest BCUT2D eigenvalue weighted by Crippen LogP contribution is -2.59. The number of fused-ring (bicyclic) bond motifs is 1. The molecule has 1 atom stereocenters. The summed E-state index contributed by atoms with van der Waals surface area (Å²) in [5.74, 6) is 3.19. The molecule has 2 aliphatic heterocycles. The molecule has 2 aliphatic rings.